The number of nitrogens with zero attached hydrogens (tertiary/aromatic N) is 3. The van der Waals surface area contributed by atoms with E-state index >= 15 is 0 Å². The Morgan fingerprint density at radius 1 is 1.03 bits per heavy atom. The largest absolute Gasteiger partial charge is 0.455 e. The molecule has 0 radical (unpaired) electrons. The van der Waals surface area contributed by atoms with Gasteiger partial charge in [-0.25, -0.2) is 14.4 Å². The number of imidazole rings is 1. The second-order valence-electron chi connectivity index (χ2n) is 7.89. The van der Waals surface area contributed by atoms with E-state index in [1.807, 2.05) is 0 Å². The van der Waals surface area contributed by atoms with Crippen molar-refractivity contribution in [1.29, 1.82) is 0 Å². The molecule has 0 bridgehead atoms. The van der Waals surface area contributed by atoms with Crippen molar-refractivity contribution in [2.75, 3.05) is 5.32 Å². The topological polar surface area (TPSA) is 76.1 Å². The predicted molar refractivity (Wildman–Crippen MR) is 116 cm³/mol. The van der Waals surface area contributed by atoms with E-state index in [1.165, 1.54) is 24.4 Å². The summed E-state index contributed by atoms with van der Waals surface area (Å²) in [6, 6.07) is 12.7. The first-order valence-corrected chi connectivity index (χ1v) is 10.6. The van der Waals surface area contributed by atoms with Crippen LogP contribution in [0.1, 0.15) is 43.7 Å². The number of aliphatic hydroxyl groups excluding tert-OH is 1. The molecule has 6 nitrogen and oxygen atoms in total. The fourth-order valence-corrected chi connectivity index (χ4v) is 4.22. The van der Waals surface area contributed by atoms with Crippen LogP contribution in [0.2, 0.25) is 0 Å². The van der Waals surface area contributed by atoms with Gasteiger partial charge in [-0.05, 0) is 49.2 Å². The molecule has 1 atom stereocenters. The maximum atomic E-state index is 13.9. The fraction of sp³-hybridized carbons (Fsp3) is 0.250. The lowest BCUT2D eigenvalue weighted by Gasteiger charge is -2.15. The zero-order chi connectivity index (χ0) is 22.1. The number of pyridine rings is 1. The van der Waals surface area contributed by atoms with E-state index in [0.29, 0.717) is 17.0 Å². The Bertz CT molecular complexity index is 1210. The van der Waals surface area contributed by atoms with E-state index < -0.39 is 18.0 Å². The lowest BCUT2D eigenvalue weighted by atomic mass is 10.1. The highest BCUT2D eigenvalue weighted by atomic mass is 19.1. The number of hydrogen-bond acceptors (Lipinski definition) is 5. The van der Waals surface area contributed by atoms with Gasteiger partial charge in [-0.2, -0.15) is 4.39 Å². The minimum absolute atomic E-state index is 0.173. The smallest absolute Gasteiger partial charge is 0.212 e. The molecular weight excluding hydrogens is 414 g/mol. The molecule has 0 aliphatic heterocycles. The Morgan fingerprint density at radius 2 is 1.84 bits per heavy atom. The van der Waals surface area contributed by atoms with Crippen LogP contribution in [0.15, 0.2) is 65.5 Å². The Kier molecular flexibility index (Phi) is 5.45. The summed E-state index contributed by atoms with van der Waals surface area (Å²) in [4.78, 5) is 8.34. The Balaban J connectivity index is 1.51. The number of halogens is 2. The van der Waals surface area contributed by atoms with Crippen molar-refractivity contribution in [1.82, 2.24) is 14.5 Å². The number of benzene rings is 1. The van der Waals surface area contributed by atoms with E-state index in [1.54, 1.807) is 36.7 Å². The highest BCUT2D eigenvalue weighted by molar-refractivity contribution is 5.76. The number of para-hydroxylation sites is 1. The van der Waals surface area contributed by atoms with Crippen molar-refractivity contribution < 1.29 is 18.3 Å². The number of rotatable bonds is 6. The van der Waals surface area contributed by atoms with Gasteiger partial charge >= 0.3 is 0 Å². The molecule has 8 heteroatoms. The van der Waals surface area contributed by atoms with Crippen LogP contribution in [0.4, 0.5) is 14.5 Å². The van der Waals surface area contributed by atoms with E-state index in [2.05, 4.69) is 19.9 Å². The third kappa shape index (κ3) is 3.89. The van der Waals surface area contributed by atoms with Crippen LogP contribution in [0, 0.1) is 11.8 Å². The summed E-state index contributed by atoms with van der Waals surface area (Å²) in [7, 11) is 0. The lowest BCUT2D eigenvalue weighted by Crippen LogP contribution is -2.09. The summed E-state index contributed by atoms with van der Waals surface area (Å²) in [6.45, 7) is 0. The molecule has 3 heterocycles. The maximum absolute atomic E-state index is 13.9. The monoisotopic (exact) mass is 436 g/mol. The zero-order valence-corrected chi connectivity index (χ0v) is 17.2. The Morgan fingerprint density at radius 3 is 2.59 bits per heavy atom. The first-order valence-electron chi connectivity index (χ1n) is 10.6. The van der Waals surface area contributed by atoms with E-state index in [9.17, 15) is 13.9 Å². The molecule has 1 aromatic carbocycles. The van der Waals surface area contributed by atoms with Gasteiger partial charge < -0.3 is 19.4 Å². The van der Waals surface area contributed by atoms with Gasteiger partial charge in [0.1, 0.15) is 17.2 Å². The third-order valence-electron chi connectivity index (χ3n) is 5.81. The van der Waals surface area contributed by atoms with Gasteiger partial charge in [-0.1, -0.05) is 25.0 Å². The van der Waals surface area contributed by atoms with Crippen LogP contribution in [0.5, 0.6) is 0 Å². The van der Waals surface area contributed by atoms with Crippen LogP contribution in [0.25, 0.3) is 22.7 Å². The van der Waals surface area contributed by atoms with Gasteiger partial charge in [0.2, 0.25) is 5.95 Å². The molecule has 1 aliphatic rings. The van der Waals surface area contributed by atoms with Gasteiger partial charge in [0.25, 0.3) is 0 Å². The van der Waals surface area contributed by atoms with Crippen LogP contribution >= 0.6 is 0 Å². The number of hydrogen-bond donors (Lipinski definition) is 2. The van der Waals surface area contributed by atoms with Crippen LogP contribution in [-0.4, -0.2) is 19.6 Å². The molecule has 3 aromatic heterocycles. The van der Waals surface area contributed by atoms with Gasteiger partial charge in [0.05, 0.1) is 12.0 Å². The van der Waals surface area contributed by atoms with Crippen LogP contribution < -0.4 is 5.32 Å². The molecule has 0 saturated heterocycles. The Labute approximate surface area is 183 Å². The number of aliphatic hydroxyl groups is 1. The lowest BCUT2D eigenvalue weighted by molar-refractivity contribution is 0.178. The zero-order valence-electron chi connectivity index (χ0n) is 17.2. The van der Waals surface area contributed by atoms with Gasteiger partial charge in [-0.15, -0.1) is 0 Å². The summed E-state index contributed by atoms with van der Waals surface area (Å²) in [5.74, 6) is -0.277. The average Bonchev–Trinajstić information content (AvgIpc) is 3.55. The molecule has 32 heavy (non-hydrogen) atoms. The number of nitrogens with one attached hydrogen (secondary N) is 1. The summed E-state index contributed by atoms with van der Waals surface area (Å²) in [5.41, 5.74) is 2.21. The standard InChI is InChI=1S/C24H22F2N4O2/c25-17-7-3-4-8-18(17)29-24(31)20-11-10-19(32-20)23-22(15-9-12-21(26)27-13-15)28-14-30(23)16-5-1-2-6-16/h3-4,7-14,16,24,29,31H,1-2,5-6H2. The molecule has 0 amide bonds. The average molecular weight is 436 g/mol. The first-order chi connectivity index (χ1) is 15.6. The van der Waals surface area contributed by atoms with Gasteiger partial charge in [-0.3, -0.25) is 0 Å². The van der Waals surface area contributed by atoms with Crippen LogP contribution in [0.3, 0.4) is 0 Å². The summed E-state index contributed by atoms with van der Waals surface area (Å²) >= 11 is 0. The van der Waals surface area contributed by atoms with Crippen LogP contribution in [-0.2, 0) is 0 Å². The summed E-state index contributed by atoms with van der Waals surface area (Å²) < 4.78 is 35.4. The molecule has 1 saturated carbocycles. The second kappa shape index (κ2) is 8.55. The summed E-state index contributed by atoms with van der Waals surface area (Å²) in [5, 5.41) is 13.3. The molecule has 1 fully saturated rings. The van der Waals surface area contributed by atoms with Gasteiger partial charge in [0.15, 0.2) is 17.7 Å². The second-order valence-corrected chi connectivity index (χ2v) is 7.89. The third-order valence-corrected chi connectivity index (χ3v) is 5.81. The number of aromatic nitrogens is 3. The van der Waals surface area contributed by atoms with Crippen molar-refractivity contribution in [3.05, 3.63) is 78.6 Å². The molecule has 1 aliphatic carbocycles. The minimum atomic E-state index is -1.24. The molecule has 5 rings (SSSR count). The molecule has 0 spiro atoms. The minimum Gasteiger partial charge on any atom is -0.455 e. The maximum Gasteiger partial charge on any atom is 0.212 e. The van der Waals surface area contributed by atoms with E-state index in [0.717, 1.165) is 31.4 Å². The number of anilines is 1. The van der Waals surface area contributed by atoms with Crippen molar-refractivity contribution in [2.45, 2.75) is 38.0 Å². The molecule has 2 N–H and O–H groups in total. The molecular formula is C24H22F2N4O2. The highest BCUT2D eigenvalue weighted by Crippen LogP contribution is 2.39. The first kappa shape index (κ1) is 20.4. The normalized spacial score (nSPS) is 15.2. The number of furan rings is 1. The van der Waals surface area contributed by atoms with Crippen molar-refractivity contribution in [3.8, 4) is 22.7 Å². The van der Waals surface area contributed by atoms with Crippen molar-refractivity contribution in [2.24, 2.45) is 0 Å². The molecule has 164 valence electrons. The van der Waals surface area contributed by atoms with Crippen molar-refractivity contribution in [3.63, 3.8) is 0 Å². The van der Waals surface area contributed by atoms with Crippen molar-refractivity contribution >= 4 is 5.69 Å². The van der Waals surface area contributed by atoms with Gasteiger partial charge in [0, 0.05) is 17.8 Å². The van der Waals surface area contributed by atoms with E-state index in [4.69, 9.17) is 4.42 Å². The summed E-state index contributed by atoms with van der Waals surface area (Å²) in [6.07, 6.45) is 6.35. The molecule has 1 unspecified atom stereocenters. The fourth-order valence-electron chi connectivity index (χ4n) is 4.22. The predicted octanol–water partition coefficient (Wildman–Crippen LogP) is 5.70. The Hall–Kier alpha value is -3.52. The van der Waals surface area contributed by atoms with E-state index in [-0.39, 0.29) is 17.5 Å². The highest BCUT2D eigenvalue weighted by Gasteiger charge is 2.26. The quantitative estimate of drug-likeness (QED) is 0.299. The molecule has 4 aromatic rings. The SMILES string of the molecule is OC(Nc1ccccc1F)c1ccc(-c2c(-c3ccc(F)nc3)ncn2C2CCCC2)o1.